The number of anilines is 2. The number of hydrogen-bond acceptors (Lipinski definition) is 1. The molecule has 5 heteroatoms. The van der Waals surface area contributed by atoms with E-state index in [4.69, 9.17) is 46.4 Å². The molecule has 0 saturated heterocycles. The van der Waals surface area contributed by atoms with Crippen LogP contribution < -0.4 is 4.90 Å². The molecule has 0 radical (unpaired) electrons. The van der Waals surface area contributed by atoms with Gasteiger partial charge < -0.3 is 4.90 Å². The van der Waals surface area contributed by atoms with Crippen LogP contribution in [0.2, 0.25) is 20.1 Å². The SMILES string of the molecule is CCCCC(CC)CN(c1cc(Cl)cc(Cl)c1)c1cc(Cl)cc(Cl)c1. The Morgan fingerprint density at radius 3 is 1.56 bits per heavy atom. The first kappa shape index (κ1) is 20.7. The Morgan fingerprint density at radius 1 is 0.760 bits per heavy atom. The summed E-state index contributed by atoms with van der Waals surface area (Å²) in [7, 11) is 0. The van der Waals surface area contributed by atoms with Crippen molar-refractivity contribution < 1.29 is 0 Å². The van der Waals surface area contributed by atoms with E-state index in [1.54, 1.807) is 12.1 Å². The second-order valence-corrected chi connectivity index (χ2v) is 8.03. The van der Waals surface area contributed by atoms with E-state index in [2.05, 4.69) is 18.7 Å². The van der Waals surface area contributed by atoms with Crippen LogP contribution in [0.25, 0.3) is 0 Å². The highest BCUT2D eigenvalue weighted by Gasteiger charge is 2.17. The van der Waals surface area contributed by atoms with Crippen molar-refractivity contribution in [2.45, 2.75) is 39.5 Å². The van der Waals surface area contributed by atoms with E-state index in [-0.39, 0.29) is 0 Å². The third-order valence-electron chi connectivity index (χ3n) is 4.30. The predicted octanol–water partition coefficient (Wildman–Crippen LogP) is 8.65. The molecule has 2 aromatic rings. The normalized spacial score (nSPS) is 12.2. The Balaban J connectivity index is 2.43. The van der Waals surface area contributed by atoms with Crippen LogP contribution in [-0.2, 0) is 0 Å². The summed E-state index contributed by atoms with van der Waals surface area (Å²) >= 11 is 24.9. The summed E-state index contributed by atoms with van der Waals surface area (Å²) in [5.41, 5.74) is 1.90. The quantitative estimate of drug-likeness (QED) is 0.414. The zero-order chi connectivity index (χ0) is 18.4. The predicted molar refractivity (Wildman–Crippen MR) is 113 cm³/mol. The van der Waals surface area contributed by atoms with Crippen molar-refractivity contribution in [1.82, 2.24) is 0 Å². The number of unbranched alkanes of at least 4 members (excludes halogenated alkanes) is 1. The van der Waals surface area contributed by atoms with Gasteiger partial charge in [-0.2, -0.15) is 0 Å². The zero-order valence-electron chi connectivity index (χ0n) is 14.5. The molecule has 136 valence electrons. The maximum absolute atomic E-state index is 6.23. The van der Waals surface area contributed by atoms with E-state index in [0.29, 0.717) is 26.0 Å². The summed E-state index contributed by atoms with van der Waals surface area (Å²) in [5, 5.41) is 2.45. The summed E-state index contributed by atoms with van der Waals surface area (Å²) in [6.07, 6.45) is 4.71. The maximum atomic E-state index is 6.23. The second kappa shape index (κ2) is 9.92. The van der Waals surface area contributed by atoms with Gasteiger partial charge in [0, 0.05) is 38.0 Å². The van der Waals surface area contributed by atoms with Gasteiger partial charge in [-0.05, 0) is 48.7 Å². The second-order valence-electron chi connectivity index (χ2n) is 6.28. The number of hydrogen-bond donors (Lipinski definition) is 0. The van der Waals surface area contributed by atoms with Gasteiger partial charge in [-0.1, -0.05) is 79.5 Å². The summed E-state index contributed by atoms with van der Waals surface area (Å²) in [4.78, 5) is 2.21. The number of benzene rings is 2. The standard InChI is InChI=1S/C20H23Cl4N/c1-3-5-6-14(4-2)13-25(19-9-15(21)7-16(22)10-19)20-11-17(23)8-18(24)12-20/h7-12,14H,3-6,13H2,1-2H3. The van der Waals surface area contributed by atoms with Crippen molar-refractivity contribution in [1.29, 1.82) is 0 Å². The molecular weight excluding hydrogens is 396 g/mol. The minimum Gasteiger partial charge on any atom is -0.341 e. The van der Waals surface area contributed by atoms with Crippen molar-refractivity contribution >= 4 is 57.8 Å². The van der Waals surface area contributed by atoms with Gasteiger partial charge in [-0.15, -0.1) is 0 Å². The first-order valence-corrected chi connectivity index (χ1v) is 10.1. The average Bonchev–Trinajstić information content (AvgIpc) is 2.53. The summed E-state index contributed by atoms with van der Waals surface area (Å²) in [6.45, 7) is 5.32. The topological polar surface area (TPSA) is 3.24 Å². The van der Waals surface area contributed by atoms with Crippen LogP contribution in [0.4, 0.5) is 11.4 Å². The molecule has 0 N–H and O–H groups in total. The molecule has 0 aromatic heterocycles. The van der Waals surface area contributed by atoms with Crippen molar-refractivity contribution in [3.8, 4) is 0 Å². The first-order chi connectivity index (χ1) is 11.9. The van der Waals surface area contributed by atoms with E-state index < -0.39 is 0 Å². The van der Waals surface area contributed by atoms with Gasteiger partial charge in [0.05, 0.1) is 0 Å². The van der Waals surface area contributed by atoms with Gasteiger partial charge in [0.25, 0.3) is 0 Å². The van der Waals surface area contributed by atoms with Crippen molar-refractivity contribution in [3.63, 3.8) is 0 Å². The van der Waals surface area contributed by atoms with Crippen molar-refractivity contribution in [2.75, 3.05) is 11.4 Å². The van der Waals surface area contributed by atoms with E-state index in [1.807, 2.05) is 24.3 Å². The molecule has 2 rings (SSSR count). The van der Waals surface area contributed by atoms with Crippen molar-refractivity contribution in [3.05, 3.63) is 56.5 Å². The highest BCUT2D eigenvalue weighted by atomic mass is 35.5. The summed E-state index contributed by atoms with van der Waals surface area (Å²) < 4.78 is 0. The molecule has 2 aromatic carbocycles. The Labute approximate surface area is 170 Å². The maximum Gasteiger partial charge on any atom is 0.0441 e. The Morgan fingerprint density at radius 2 is 1.20 bits per heavy atom. The van der Waals surface area contributed by atoms with Crippen LogP contribution in [0.3, 0.4) is 0 Å². The summed E-state index contributed by atoms with van der Waals surface area (Å²) in [5.74, 6) is 0.565. The Kier molecular flexibility index (Phi) is 8.22. The Hall–Kier alpha value is -0.600. The van der Waals surface area contributed by atoms with Crippen LogP contribution in [0.5, 0.6) is 0 Å². The largest absolute Gasteiger partial charge is 0.341 e. The highest BCUT2D eigenvalue weighted by Crippen LogP contribution is 2.35. The lowest BCUT2D eigenvalue weighted by Crippen LogP contribution is -2.25. The molecule has 0 amide bonds. The van der Waals surface area contributed by atoms with Crippen LogP contribution in [-0.4, -0.2) is 6.54 Å². The molecule has 0 fully saturated rings. The number of rotatable bonds is 8. The molecule has 1 unspecified atom stereocenters. The van der Waals surface area contributed by atoms with Gasteiger partial charge >= 0.3 is 0 Å². The fourth-order valence-electron chi connectivity index (χ4n) is 2.93. The number of halogens is 4. The highest BCUT2D eigenvalue weighted by molar-refractivity contribution is 6.35. The van der Waals surface area contributed by atoms with Crippen LogP contribution in [0.1, 0.15) is 39.5 Å². The molecule has 1 nitrogen and oxygen atoms in total. The lowest BCUT2D eigenvalue weighted by Gasteiger charge is -2.30. The minimum atomic E-state index is 0.565. The third kappa shape index (κ3) is 6.25. The van der Waals surface area contributed by atoms with E-state index in [1.165, 1.54) is 19.3 Å². The number of nitrogens with zero attached hydrogens (tertiary/aromatic N) is 1. The Bertz CT molecular complexity index is 610. The third-order valence-corrected chi connectivity index (χ3v) is 5.17. The fourth-order valence-corrected chi connectivity index (χ4v) is 3.95. The lowest BCUT2D eigenvalue weighted by molar-refractivity contribution is 0.458. The van der Waals surface area contributed by atoms with Gasteiger partial charge in [-0.25, -0.2) is 0 Å². The first-order valence-electron chi connectivity index (χ1n) is 8.62. The smallest absolute Gasteiger partial charge is 0.0441 e. The summed E-state index contributed by atoms with van der Waals surface area (Å²) in [6, 6.07) is 11.2. The molecule has 0 aliphatic rings. The van der Waals surface area contributed by atoms with E-state index in [0.717, 1.165) is 24.3 Å². The monoisotopic (exact) mass is 417 g/mol. The lowest BCUT2D eigenvalue weighted by atomic mass is 9.98. The van der Waals surface area contributed by atoms with Crippen molar-refractivity contribution in [2.24, 2.45) is 5.92 Å². The zero-order valence-corrected chi connectivity index (χ0v) is 17.6. The van der Waals surface area contributed by atoms with Crippen LogP contribution in [0, 0.1) is 5.92 Å². The van der Waals surface area contributed by atoms with Gasteiger partial charge in [0.1, 0.15) is 0 Å². The molecule has 0 spiro atoms. The van der Waals surface area contributed by atoms with Gasteiger partial charge in [0.15, 0.2) is 0 Å². The fraction of sp³-hybridized carbons (Fsp3) is 0.400. The van der Waals surface area contributed by atoms with Crippen LogP contribution >= 0.6 is 46.4 Å². The molecule has 0 aliphatic heterocycles. The molecule has 0 aliphatic carbocycles. The van der Waals surface area contributed by atoms with Crippen LogP contribution in [0.15, 0.2) is 36.4 Å². The van der Waals surface area contributed by atoms with E-state index in [9.17, 15) is 0 Å². The average molecular weight is 419 g/mol. The molecule has 0 heterocycles. The van der Waals surface area contributed by atoms with Gasteiger partial charge in [0.2, 0.25) is 0 Å². The van der Waals surface area contributed by atoms with Gasteiger partial charge in [-0.3, -0.25) is 0 Å². The molecule has 1 atom stereocenters. The molecule has 0 bridgehead atoms. The van der Waals surface area contributed by atoms with E-state index >= 15 is 0 Å². The minimum absolute atomic E-state index is 0.565. The molecule has 0 saturated carbocycles. The molecular formula is C20H23Cl4N. The molecule has 25 heavy (non-hydrogen) atoms.